The van der Waals surface area contributed by atoms with Gasteiger partial charge in [0.15, 0.2) is 0 Å². The molecule has 0 saturated heterocycles. The van der Waals surface area contributed by atoms with Crippen molar-refractivity contribution in [2.24, 2.45) is 0 Å². The van der Waals surface area contributed by atoms with Crippen molar-refractivity contribution in [3.8, 4) is 0 Å². The first-order chi connectivity index (χ1) is 5.29. The van der Waals surface area contributed by atoms with E-state index < -0.39 is 0 Å². The van der Waals surface area contributed by atoms with E-state index in [9.17, 15) is 0 Å². The highest BCUT2D eigenvalue weighted by Gasteiger charge is 1.95. The van der Waals surface area contributed by atoms with Crippen molar-refractivity contribution in [2.75, 3.05) is 0 Å². The van der Waals surface area contributed by atoms with Gasteiger partial charge < -0.3 is 9.67 Å². The van der Waals surface area contributed by atoms with Crippen LogP contribution in [0.15, 0.2) is 12.7 Å². The van der Waals surface area contributed by atoms with Gasteiger partial charge in [0.2, 0.25) is 0 Å². The van der Waals surface area contributed by atoms with Crippen LogP contribution in [0.5, 0.6) is 0 Å². The Hall–Kier alpha value is -0.900. The Morgan fingerprint density at radius 2 is 2.09 bits per heavy atom. The van der Waals surface area contributed by atoms with Gasteiger partial charge in [0.05, 0.1) is 6.10 Å². The first-order valence-electron chi connectivity index (χ1n) is 3.79. The van der Waals surface area contributed by atoms with E-state index in [1.807, 2.05) is 4.57 Å². The minimum absolute atomic E-state index is 0.202. The summed E-state index contributed by atoms with van der Waals surface area (Å²) in [6.07, 6.45) is 4.96. The van der Waals surface area contributed by atoms with E-state index in [4.69, 9.17) is 5.11 Å². The molecule has 4 heteroatoms. The van der Waals surface area contributed by atoms with Gasteiger partial charge in [-0.2, -0.15) is 0 Å². The summed E-state index contributed by atoms with van der Waals surface area (Å²) >= 11 is 0. The quantitative estimate of drug-likeness (QED) is 0.686. The minimum atomic E-state index is -0.202. The standard InChI is InChI=1S/C7H13N3O/c1-7(11)3-2-4-10-5-8-9-6-10/h5-7,11H,2-4H2,1H3. The number of nitrogens with zero attached hydrogens (tertiary/aromatic N) is 3. The number of aryl methyl sites for hydroxylation is 1. The summed E-state index contributed by atoms with van der Waals surface area (Å²) in [4.78, 5) is 0. The lowest BCUT2D eigenvalue weighted by Crippen LogP contribution is -2.02. The van der Waals surface area contributed by atoms with Crippen LogP contribution >= 0.6 is 0 Å². The summed E-state index contributed by atoms with van der Waals surface area (Å²) in [6, 6.07) is 0. The normalized spacial score (nSPS) is 13.3. The van der Waals surface area contributed by atoms with Crippen LogP contribution in [0.25, 0.3) is 0 Å². The smallest absolute Gasteiger partial charge is 0.119 e. The van der Waals surface area contributed by atoms with Crippen LogP contribution in [0.4, 0.5) is 0 Å². The summed E-state index contributed by atoms with van der Waals surface area (Å²) in [5.41, 5.74) is 0. The zero-order chi connectivity index (χ0) is 8.10. The fourth-order valence-corrected chi connectivity index (χ4v) is 0.907. The minimum Gasteiger partial charge on any atom is -0.393 e. The molecule has 0 bridgehead atoms. The number of aliphatic hydroxyl groups is 1. The summed E-state index contributed by atoms with van der Waals surface area (Å²) in [6.45, 7) is 2.68. The molecular formula is C7H13N3O. The van der Waals surface area contributed by atoms with E-state index >= 15 is 0 Å². The number of hydrogen-bond donors (Lipinski definition) is 1. The Balaban J connectivity index is 2.14. The van der Waals surface area contributed by atoms with Crippen LogP contribution in [0.1, 0.15) is 19.8 Å². The SMILES string of the molecule is CC(O)CCCn1cnnc1. The van der Waals surface area contributed by atoms with E-state index in [0.717, 1.165) is 19.4 Å². The fourth-order valence-electron chi connectivity index (χ4n) is 0.907. The van der Waals surface area contributed by atoms with Crippen molar-refractivity contribution in [1.29, 1.82) is 0 Å². The van der Waals surface area contributed by atoms with Gasteiger partial charge in [-0.15, -0.1) is 10.2 Å². The maximum Gasteiger partial charge on any atom is 0.119 e. The lowest BCUT2D eigenvalue weighted by Gasteiger charge is -2.02. The number of aliphatic hydroxyl groups excluding tert-OH is 1. The molecule has 0 amide bonds. The van der Waals surface area contributed by atoms with Gasteiger partial charge in [-0.05, 0) is 19.8 Å². The van der Waals surface area contributed by atoms with E-state index in [2.05, 4.69) is 10.2 Å². The largest absolute Gasteiger partial charge is 0.393 e. The molecule has 4 nitrogen and oxygen atoms in total. The van der Waals surface area contributed by atoms with E-state index in [-0.39, 0.29) is 6.10 Å². The monoisotopic (exact) mass is 155 g/mol. The van der Waals surface area contributed by atoms with Crippen LogP contribution < -0.4 is 0 Å². The zero-order valence-electron chi connectivity index (χ0n) is 6.64. The average Bonchev–Trinajstić information content (AvgIpc) is 2.39. The Morgan fingerprint density at radius 1 is 1.45 bits per heavy atom. The molecule has 1 aromatic rings. The Labute approximate surface area is 65.9 Å². The molecular weight excluding hydrogens is 142 g/mol. The predicted molar refractivity (Wildman–Crippen MR) is 40.9 cm³/mol. The Bertz CT molecular complexity index is 184. The molecule has 1 rings (SSSR count). The van der Waals surface area contributed by atoms with Crippen molar-refractivity contribution in [3.63, 3.8) is 0 Å². The third-order valence-corrected chi connectivity index (χ3v) is 1.50. The molecule has 1 atom stereocenters. The summed E-state index contributed by atoms with van der Waals surface area (Å²) in [7, 11) is 0. The molecule has 62 valence electrons. The fraction of sp³-hybridized carbons (Fsp3) is 0.714. The van der Waals surface area contributed by atoms with Gasteiger partial charge in [-0.3, -0.25) is 0 Å². The summed E-state index contributed by atoms with van der Waals surface area (Å²) in [5, 5.41) is 16.3. The van der Waals surface area contributed by atoms with Crippen LogP contribution in [0.3, 0.4) is 0 Å². The van der Waals surface area contributed by atoms with Gasteiger partial charge in [0.25, 0.3) is 0 Å². The summed E-state index contributed by atoms with van der Waals surface area (Å²) < 4.78 is 1.91. The third-order valence-electron chi connectivity index (χ3n) is 1.50. The molecule has 1 heterocycles. The van der Waals surface area contributed by atoms with Crippen molar-refractivity contribution in [3.05, 3.63) is 12.7 Å². The first-order valence-corrected chi connectivity index (χ1v) is 3.79. The van der Waals surface area contributed by atoms with Crippen molar-refractivity contribution < 1.29 is 5.11 Å². The first kappa shape index (κ1) is 8.20. The molecule has 0 radical (unpaired) electrons. The molecule has 0 spiro atoms. The van der Waals surface area contributed by atoms with E-state index in [1.54, 1.807) is 19.6 Å². The molecule has 0 aliphatic carbocycles. The highest BCUT2D eigenvalue weighted by Crippen LogP contribution is 1.97. The highest BCUT2D eigenvalue weighted by atomic mass is 16.3. The lowest BCUT2D eigenvalue weighted by atomic mass is 10.2. The molecule has 1 aromatic heterocycles. The van der Waals surface area contributed by atoms with Gasteiger partial charge in [-0.1, -0.05) is 0 Å². The third kappa shape index (κ3) is 3.13. The number of rotatable bonds is 4. The zero-order valence-corrected chi connectivity index (χ0v) is 6.64. The lowest BCUT2D eigenvalue weighted by molar-refractivity contribution is 0.179. The topological polar surface area (TPSA) is 50.9 Å². The van der Waals surface area contributed by atoms with E-state index in [1.165, 1.54) is 0 Å². The molecule has 11 heavy (non-hydrogen) atoms. The molecule has 1 N–H and O–H groups in total. The molecule has 0 aliphatic rings. The molecule has 0 aromatic carbocycles. The molecule has 0 aliphatic heterocycles. The van der Waals surface area contributed by atoms with Crippen molar-refractivity contribution in [1.82, 2.24) is 14.8 Å². The van der Waals surface area contributed by atoms with Gasteiger partial charge in [0, 0.05) is 6.54 Å². The van der Waals surface area contributed by atoms with Crippen LogP contribution in [-0.4, -0.2) is 26.0 Å². The summed E-state index contributed by atoms with van der Waals surface area (Å²) in [5.74, 6) is 0. The van der Waals surface area contributed by atoms with Gasteiger partial charge in [0.1, 0.15) is 12.7 Å². The van der Waals surface area contributed by atoms with E-state index in [0.29, 0.717) is 0 Å². The Kier molecular flexibility index (Phi) is 3.04. The maximum absolute atomic E-state index is 8.94. The second kappa shape index (κ2) is 4.08. The maximum atomic E-state index is 8.94. The van der Waals surface area contributed by atoms with Crippen LogP contribution in [-0.2, 0) is 6.54 Å². The predicted octanol–water partition coefficient (Wildman–Crippen LogP) is 0.439. The Morgan fingerprint density at radius 3 is 2.64 bits per heavy atom. The van der Waals surface area contributed by atoms with Gasteiger partial charge in [-0.25, -0.2) is 0 Å². The number of hydrogen-bond acceptors (Lipinski definition) is 3. The second-order valence-corrected chi connectivity index (χ2v) is 2.69. The second-order valence-electron chi connectivity index (χ2n) is 2.69. The van der Waals surface area contributed by atoms with Gasteiger partial charge >= 0.3 is 0 Å². The molecule has 0 saturated carbocycles. The molecule has 1 unspecified atom stereocenters. The van der Waals surface area contributed by atoms with Crippen LogP contribution in [0, 0.1) is 0 Å². The highest BCUT2D eigenvalue weighted by molar-refractivity contribution is 4.60. The number of aromatic nitrogens is 3. The molecule has 0 fully saturated rings. The van der Waals surface area contributed by atoms with Crippen LogP contribution in [0.2, 0.25) is 0 Å². The average molecular weight is 155 g/mol. The van der Waals surface area contributed by atoms with Crippen molar-refractivity contribution >= 4 is 0 Å². The van der Waals surface area contributed by atoms with Crippen molar-refractivity contribution in [2.45, 2.75) is 32.4 Å².